The lowest BCUT2D eigenvalue weighted by molar-refractivity contribution is 0.0523. The summed E-state index contributed by atoms with van der Waals surface area (Å²) in [6.07, 6.45) is 0.212. The van der Waals surface area contributed by atoms with Gasteiger partial charge in [0.05, 0.1) is 6.10 Å². The molecular weight excluding hydrogens is 280 g/mol. The normalized spacial score (nSPS) is 19.2. The first-order valence-corrected chi connectivity index (χ1v) is 7.77. The van der Waals surface area contributed by atoms with Crippen molar-refractivity contribution in [2.75, 3.05) is 13.1 Å². The quantitative estimate of drug-likeness (QED) is 0.896. The first-order chi connectivity index (χ1) is 10.3. The van der Waals surface area contributed by atoms with Gasteiger partial charge in [0.2, 0.25) is 0 Å². The van der Waals surface area contributed by atoms with Crippen LogP contribution in [-0.2, 0) is 17.8 Å². The summed E-state index contributed by atoms with van der Waals surface area (Å²) in [7, 11) is 0. The lowest BCUT2D eigenvalue weighted by Gasteiger charge is -2.21. The summed E-state index contributed by atoms with van der Waals surface area (Å²) in [5, 5.41) is 12.4. The minimum atomic E-state index is -0.491. The van der Waals surface area contributed by atoms with Gasteiger partial charge in [0.25, 0.3) is 0 Å². The summed E-state index contributed by atoms with van der Waals surface area (Å²) in [5.41, 5.74) is 1.76. The number of likely N-dealkylation sites (tertiary alicyclic amines) is 1. The summed E-state index contributed by atoms with van der Waals surface area (Å²) in [4.78, 5) is 14.0. The molecule has 2 N–H and O–H groups in total. The van der Waals surface area contributed by atoms with E-state index in [1.54, 1.807) is 0 Å². The molecule has 0 radical (unpaired) electrons. The first kappa shape index (κ1) is 16.8. The Hall–Kier alpha value is -1.59. The Kier molecular flexibility index (Phi) is 5.42. The van der Waals surface area contributed by atoms with E-state index < -0.39 is 11.7 Å². The van der Waals surface area contributed by atoms with E-state index in [-0.39, 0.29) is 6.10 Å². The van der Waals surface area contributed by atoms with Crippen LogP contribution in [0.15, 0.2) is 24.3 Å². The van der Waals surface area contributed by atoms with Crippen LogP contribution >= 0.6 is 0 Å². The van der Waals surface area contributed by atoms with Gasteiger partial charge in [-0.1, -0.05) is 24.3 Å². The predicted octanol–water partition coefficient (Wildman–Crippen LogP) is 2.28. The van der Waals surface area contributed by atoms with Gasteiger partial charge in [-0.05, 0) is 38.3 Å². The Balaban J connectivity index is 1.92. The highest BCUT2D eigenvalue weighted by atomic mass is 16.6. The number of β-amino-alcohol motifs (C(OH)–C–C–N with tert-alkyl or cyclic N) is 1. The van der Waals surface area contributed by atoms with E-state index in [0.717, 1.165) is 25.1 Å². The van der Waals surface area contributed by atoms with E-state index in [2.05, 4.69) is 16.3 Å². The Morgan fingerprint density at radius 2 is 2.05 bits per heavy atom. The lowest BCUT2D eigenvalue weighted by atomic mass is 10.1. The monoisotopic (exact) mass is 306 g/mol. The maximum atomic E-state index is 11.8. The van der Waals surface area contributed by atoms with Crippen LogP contribution in [0.25, 0.3) is 0 Å². The van der Waals surface area contributed by atoms with Gasteiger partial charge in [-0.25, -0.2) is 4.79 Å². The fourth-order valence-corrected chi connectivity index (χ4v) is 2.56. The summed E-state index contributed by atoms with van der Waals surface area (Å²) in [6.45, 7) is 8.41. The number of nitrogens with one attached hydrogen (secondary N) is 1. The smallest absolute Gasteiger partial charge is 0.407 e. The van der Waals surface area contributed by atoms with Crippen molar-refractivity contribution in [2.24, 2.45) is 0 Å². The van der Waals surface area contributed by atoms with Crippen LogP contribution in [0.2, 0.25) is 0 Å². The molecule has 1 amide bonds. The van der Waals surface area contributed by atoms with Crippen LogP contribution in [0.5, 0.6) is 0 Å². The highest BCUT2D eigenvalue weighted by Crippen LogP contribution is 2.16. The number of carbonyl (C=O) groups excluding carboxylic acids is 1. The van der Waals surface area contributed by atoms with E-state index in [4.69, 9.17) is 4.74 Å². The predicted molar refractivity (Wildman–Crippen MR) is 85.4 cm³/mol. The number of hydrogen-bond acceptors (Lipinski definition) is 4. The third-order valence-corrected chi connectivity index (χ3v) is 3.58. The zero-order chi connectivity index (χ0) is 16.2. The molecule has 0 aromatic heterocycles. The molecule has 0 aliphatic carbocycles. The fraction of sp³-hybridized carbons (Fsp3) is 0.588. The number of amides is 1. The second-order valence-electron chi connectivity index (χ2n) is 6.80. The number of ether oxygens (including phenoxy) is 1. The van der Waals surface area contributed by atoms with Crippen LogP contribution < -0.4 is 5.32 Å². The second kappa shape index (κ2) is 7.11. The number of alkyl carbamates (subject to hydrolysis) is 1. The fourth-order valence-electron chi connectivity index (χ4n) is 2.56. The topological polar surface area (TPSA) is 61.8 Å². The number of rotatable bonds is 4. The average molecular weight is 306 g/mol. The van der Waals surface area contributed by atoms with Gasteiger partial charge < -0.3 is 15.2 Å². The molecule has 2 rings (SSSR count). The molecule has 5 nitrogen and oxygen atoms in total. The molecule has 1 aromatic rings. The van der Waals surface area contributed by atoms with E-state index in [0.29, 0.717) is 13.1 Å². The van der Waals surface area contributed by atoms with Crippen molar-refractivity contribution >= 4 is 6.09 Å². The molecule has 0 saturated carbocycles. The van der Waals surface area contributed by atoms with Crippen molar-refractivity contribution in [3.8, 4) is 0 Å². The molecule has 1 unspecified atom stereocenters. The van der Waals surface area contributed by atoms with Crippen molar-refractivity contribution in [2.45, 2.75) is 52.0 Å². The molecule has 1 aromatic carbocycles. The number of benzene rings is 1. The molecule has 1 aliphatic heterocycles. The molecule has 1 saturated heterocycles. The molecule has 0 spiro atoms. The number of nitrogens with zero attached hydrogens (tertiary/aromatic N) is 1. The summed E-state index contributed by atoms with van der Waals surface area (Å²) >= 11 is 0. The summed E-state index contributed by atoms with van der Waals surface area (Å²) in [5.74, 6) is 0. The van der Waals surface area contributed by atoms with Gasteiger partial charge >= 0.3 is 6.09 Å². The Morgan fingerprint density at radius 3 is 2.64 bits per heavy atom. The molecule has 22 heavy (non-hydrogen) atoms. The summed E-state index contributed by atoms with van der Waals surface area (Å²) < 4.78 is 5.25. The highest BCUT2D eigenvalue weighted by molar-refractivity contribution is 5.67. The van der Waals surface area contributed by atoms with E-state index in [9.17, 15) is 9.90 Å². The van der Waals surface area contributed by atoms with E-state index in [1.807, 2.05) is 39.0 Å². The Bertz CT molecular complexity index is 511. The van der Waals surface area contributed by atoms with Crippen molar-refractivity contribution in [1.82, 2.24) is 10.2 Å². The number of aliphatic hydroxyl groups is 1. The molecular formula is C17H26N2O3. The zero-order valence-electron chi connectivity index (χ0n) is 13.6. The second-order valence-corrected chi connectivity index (χ2v) is 6.80. The Labute approximate surface area is 132 Å². The highest BCUT2D eigenvalue weighted by Gasteiger charge is 2.21. The largest absolute Gasteiger partial charge is 0.444 e. The van der Waals surface area contributed by atoms with Crippen LogP contribution in [0.3, 0.4) is 0 Å². The van der Waals surface area contributed by atoms with Crippen molar-refractivity contribution in [3.63, 3.8) is 0 Å². The van der Waals surface area contributed by atoms with Crippen molar-refractivity contribution in [1.29, 1.82) is 0 Å². The van der Waals surface area contributed by atoms with Crippen LogP contribution in [0, 0.1) is 0 Å². The number of aliphatic hydroxyl groups excluding tert-OH is 1. The van der Waals surface area contributed by atoms with Gasteiger partial charge in [0.1, 0.15) is 5.60 Å². The Morgan fingerprint density at radius 1 is 1.36 bits per heavy atom. The molecule has 1 fully saturated rings. The molecule has 122 valence electrons. The van der Waals surface area contributed by atoms with E-state index >= 15 is 0 Å². The van der Waals surface area contributed by atoms with Crippen LogP contribution in [-0.4, -0.2) is 40.9 Å². The van der Waals surface area contributed by atoms with Crippen molar-refractivity contribution < 1.29 is 14.6 Å². The maximum absolute atomic E-state index is 11.8. The van der Waals surface area contributed by atoms with Gasteiger partial charge in [-0.15, -0.1) is 0 Å². The van der Waals surface area contributed by atoms with Crippen LogP contribution in [0.1, 0.15) is 38.3 Å². The molecule has 1 atom stereocenters. The third kappa shape index (κ3) is 5.31. The third-order valence-electron chi connectivity index (χ3n) is 3.58. The molecule has 5 heteroatoms. The van der Waals surface area contributed by atoms with E-state index in [1.165, 1.54) is 5.56 Å². The van der Waals surface area contributed by atoms with Gasteiger partial charge in [0, 0.05) is 26.2 Å². The minimum absolute atomic E-state index is 0.216. The van der Waals surface area contributed by atoms with Crippen LogP contribution in [0.4, 0.5) is 4.79 Å². The molecule has 0 bridgehead atoms. The lowest BCUT2D eigenvalue weighted by Crippen LogP contribution is -2.32. The van der Waals surface area contributed by atoms with Gasteiger partial charge in [-0.3, -0.25) is 4.90 Å². The number of carbonyl (C=O) groups is 1. The van der Waals surface area contributed by atoms with Gasteiger partial charge in [0.15, 0.2) is 0 Å². The maximum Gasteiger partial charge on any atom is 0.407 e. The standard InChI is InChI=1S/C17H26N2O3/c1-17(2,3)22-16(21)18-10-13-6-4-5-7-14(13)11-19-9-8-15(20)12-19/h4-7,15,20H,8-12H2,1-3H3,(H,18,21). The zero-order valence-corrected chi connectivity index (χ0v) is 13.6. The average Bonchev–Trinajstić information content (AvgIpc) is 2.81. The summed E-state index contributed by atoms with van der Waals surface area (Å²) in [6, 6.07) is 8.04. The molecule has 1 heterocycles. The minimum Gasteiger partial charge on any atom is -0.444 e. The number of hydrogen-bond donors (Lipinski definition) is 2. The van der Waals surface area contributed by atoms with Gasteiger partial charge in [-0.2, -0.15) is 0 Å². The van der Waals surface area contributed by atoms with Crippen molar-refractivity contribution in [3.05, 3.63) is 35.4 Å². The first-order valence-electron chi connectivity index (χ1n) is 7.77. The molecule has 1 aliphatic rings. The SMILES string of the molecule is CC(C)(C)OC(=O)NCc1ccccc1CN1CCC(O)C1.